The van der Waals surface area contributed by atoms with Gasteiger partial charge >= 0.3 is 17.9 Å². The quantitative estimate of drug-likeness (QED) is 0.273. The first-order valence-corrected chi connectivity index (χ1v) is 12.7. The molecule has 1 fully saturated rings. The monoisotopic (exact) mass is 518 g/mol. The Labute approximate surface area is 217 Å². The van der Waals surface area contributed by atoms with E-state index in [1.165, 1.54) is 6.92 Å². The van der Waals surface area contributed by atoms with Crippen LogP contribution in [-0.2, 0) is 33.4 Å². The molecular formula is C27H38N2O8. The van der Waals surface area contributed by atoms with Crippen molar-refractivity contribution < 1.29 is 38.2 Å². The van der Waals surface area contributed by atoms with Crippen LogP contribution in [0.3, 0.4) is 0 Å². The first kappa shape index (κ1) is 29.8. The van der Waals surface area contributed by atoms with E-state index in [0.29, 0.717) is 30.5 Å². The third-order valence-electron chi connectivity index (χ3n) is 6.28. The summed E-state index contributed by atoms with van der Waals surface area (Å²) >= 11 is 0. The highest BCUT2D eigenvalue weighted by Crippen LogP contribution is 2.27. The van der Waals surface area contributed by atoms with Crippen molar-refractivity contribution in [2.45, 2.75) is 91.6 Å². The molecule has 1 saturated heterocycles. The minimum atomic E-state index is -1.31. The molecule has 0 aromatic heterocycles. The minimum Gasteiger partial charge on any atom is -0.460 e. The van der Waals surface area contributed by atoms with E-state index in [2.05, 4.69) is 10.6 Å². The molecular weight excluding hydrogens is 480 g/mol. The summed E-state index contributed by atoms with van der Waals surface area (Å²) in [6.45, 7) is 10.4. The Hall–Kier alpha value is -3.43. The van der Waals surface area contributed by atoms with Crippen LogP contribution < -0.4 is 10.6 Å². The summed E-state index contributed by atoms with van der Waals surface area (Å²) in [7, 11) is 0. The van der Waals surface area contributed by atoms with Crippen LogP contribution in [0, 0.1) is 18.8 Å². The lowest BCUT2D eigenvalue weighted by atomic mass is 9.92. The van der Waals surface area contributed by atoms with Gasteiger partial charge in [0.2, 0.25) is 6.41 Å². The number of nitrogens with one attached hydrogen (secondary N) is 2. The number of esters is 3. The molecule has 1 heterocycles. The van der Waals surface area contributed by atoms with Gasteiger partial charge in [-0.05, 0) is 50.8 Å². The van der Waals surface area contributed by atoms with Crippen molar-refractivity contribution in [1.29, 1.82) is 0 Å². The van der Waals surface area contributed by atoms with Crippen LogP contribution in [0.1, 0.15) is 76.2 Å². The van der Waals surface area contributed by atoms with E-state index in [1.807, 2.05) is 20.8 Å². The minimum absolute atomic E-state index is 0.0473. The van der Waals surface area contributed by atoms with Gasteiger partial charge < -0.3 is 24.8 Å². The third-order valence-corrected chi connectivity index (χ3v) is 6.28. The Morgan fingerprint density at radius 3 is 2.41 bits per heavy atom. The van der Waals surface area contributed by atoms with E-state index in [-0.39, 0.29) is 17.9 Å². The Kier molecular flexibility index (Phi) is 11.1. The highest BCUT2D eigenvalue weighted by Gasteiger charge is 2.43. The van der Waals surface area contributed by atoms with Gasteiger partial charge in [-0.2, -0.15) is 0 Å². The van der Waals surface area contributed by atoms with E-state index in [9.17, 15) is 24.0 Å². The van der Waals surface area contributed by atoms with E-state index in [4.69, 9.17) is 14.2 Å². The number of rotatable bonds is 10. The van der Waals surface area contributed by atoms with Gasteiger partial charge in [-0.15, -0.1) is 0 Å². The lowest BCUT2D eigenvalue weighted by molar-refractivity contribution is -0.175. The molecule has 2 N–H and O–H groups in total. The summed E-state index contributed by atoms with van der Waals surface area (Å²) in [5.41, 5.74) is 1.17. The molecule has 0 radical (unpaired) electrons. The fraction of sp³-hybridized carbons (Fsp3) is 0.593. The van der Waals surface area contributed by atoms with Crippen LogP contribution in [0.2, 0.25) is 0 Å². The summed E-state index contributed by atoms with van der Waals surface area (Å²) in [6.07, 6.45) is -0.513. The highest BCUT2D eigenvalue weighted by atomic mass is 16.6. The second-order valence-electron chi connectivity index (χ2n) is 9.78. The van der Waals surface area contributed by atoms with Crippen molar-refractivity contribution >= 4 is 35.9 Å². The Balaban J connectivity index is 2.34. The Bertz CT molecular complexity index is 993. The average molecular weight is 519 g/mol. The summed E-state index contributed by atoms with van der Waals surface area (Å²) < 4.78 is 16.9. The topological polar surface area (TPSA) is 137 Å². The molecule has 2 amide bonds. The van der Waals surface area contributed by atoms with Crippen molar-refractivity contribution in [1.82, 2.24) is 5.32 Å². The van der Waals surface area contributed by atoms with Gasteiger partial charge in [0.15, 0.2) is 12.1 Å². The van der Waals surface area contributed by atoms with Gasteiger partial charge in [0.25, 0.3) is 5.91 Å². The van der Waals surface area contributed by atoms with Crippen LogP contribution in [0.25, 0.3) is 0 Å². The van der Waals surface area contributed by atoms with Crippen LogP contribution in [0.5, 0.6) is 0 Å². The molecule has 1 aliphatic rings. The van der Waals surface area contributed by atoms with Crippen LogP contribution >= 0.6 is 0 Å². The number of carbonyl (C=O) groups is 5. The number of anilines is 1. The van der Waals surface area contributed by atoms with Crippen LogP contribution in [-0.4, -0.2) is 54.6 Å². The van der Waals surface area contributed by atoms with E-state index in [0.717, 1.165) is 6.42 Å². The van der Waals surface area contributed by atoms with Crippen molar-refractivity contribution in [3.63, 3.8) is 0 Å². The fourth-order valence-corrected chi connectivity index (χ4v) is 4.23. The van der Waals surface area contributed by atoms with E-state index >= 15 is 0 Å². The maximum Gasteiger partial charge on any atom is 0.332 e. The summed E-state index contributed by atoms with van der Waals surface area (Å²) in [5.74, 6) is -3.32. The normalized spacial score (nSPS) is 24.1. The van der Waals surface area contributed by atoms with Crippen molar-refractivity contribution in [3.8, 4) is 0 Å². The lowest BCUT2D eigenvalue weighted by Gasteiger charge is -2.29. The molecule has 5 atom stereocenters. The molecule has 0 saturated carbocycles. The Morgan fingerprint density at radius 1 is 1.11 bits per heavy atom. The number of unbranched alkanes of at least 4 members (excludes halogenated alkanes) is 1. The SMILES string of the molecule is CCCC[C@H]1C(=O)O[C@H](C)[C@H](NC(=O)c2cccc(NC=O)c2C)C(=O)O[C@@H](C)[C@@H]1OC(=O)CC(C)C. The maximum atomic E-state index is 13.2. The standard InChI is InChI=1S/C27H38N2O8/c1-7-8-10-20-24(37-22(31)13-15(2)3)18(6)36-27(34)23(17(5)35-26(20)33)29-25(32)19-11-9-12-21(16(19)4)28-14-30/h9,11-12,14-15,17-18,20,23-24H,7-8,10,13H2,1-6H3,(H,28,30)(H,29,32)/t17-,18+,20-,23+,24+/m1/s1. The maximum absolute atomic E-state index is 13.2. The summed E-state index contributed by atoms with van der Waals surface area (Å²) in [4.78, 5) is 62.9. The molecule has 0 spiro atoms. The Morgan fingerprint density at radius 2 is 1.78 bits per heavy atom. The predicted octanol–water partition coefficient (Wildman–Crippen LogP) is 3.30. The first-order chi connectivity index (χ1) is 17.5. The molecule has 37 heavy (non-hydrogen) atoms. The molecule has 1 aromatic rings. The number of benzene rings is 1. The van der Waals surface area contributed by atoms with E-state index < -0.39 is 54.1 Å². The predicted molar refractivity (Wildman–Crippen MR) is 136 cm³/mol. The summed E-state index contributed by atoms with van der Waals surface area (Å²) in [6, 6.07) is 3.47. The lowest BCUT2D eigenvalue weighted by Crippen LogP contribution is -2.50. The molecule has 1 aromatic carbocycles. The second-order valence-corrected chi connectivity index (χ2v) is 9.78. The highest BCUT2D eigenvalue weighted by molar-refractivity contribution is 6.00. The smallest absolute Gasteiger partial charge is 0.332 e. The number of hydrogen-bond acceptors (Lipinski definition) is 8. The summed E-state index contributed by atoms with van der Waals surface area (Å²) in [5, 5.41) is 5.13. The molecule has 10 nitrogen and oxygen atoms in total. The van der Waals surface area contributed by atoms with E-state index in [1.54, 1.807) is 32.0 Å². The zero-order valence-corrected chi connectivity index (χ0v) is 22.4. The zero-order chi connectivity index (χ0) is 27.7. The van der Waals surface area contributed by atoms with Crippen LogP contribution in [0.15, 0.2) is 18.2 Å². The third kappa shape index (κ3) is 8.03. The molecule has 0 aliphatic carbocycles. The largest absolute Gasteiger partial charge is 0.460 e. The average Bonchev–Trinajstić information content (AvgIpc) is 2.84. The first-order valence-electron chi connectivity index (χ1n) is 12.7. The van der Waals surface area contributed by atoms with Gasteiger partial charge in [-0.1, -0.05) is 39.7 Å². The van der Waals surface area contributed by atoms with Gasteiger partial charge in [-0.25, -0.2) is 4.79 Å². The van der Waals surface area contributed by atoms with Crippen LogP contribution in [0.4, 0.5) is 5.69 Å². The van der Waals surface area contributed by atoms with Crippen molar-refractivity contribution in [2.24, 2.45) is 11.8 Å². The van der Waals surface area contributed by atoms with Gasteiger partial charge in [0.05, 0.1) is 5.92 Å². The molecule has 1 aliphatic heterocycles. The van der Waals surface area contributed by atoms with Crippen molar-refractivity contribution in [2.75, 3.05) is 5.32 Å². The zero-order valence-electron chi connectivity index (χ0n) is 22.4. The van der Waals surface area contributed by atoms with Gasteiger partial charge in [0, 0.05) is 17.7 Å². The number of ether oxygens (including phenoxy) is 3. The number of amides is 2. The number of hydrogen-bond donors (Lipinski definition) is 2. The van der Waals surface area contributed by atoms with Gasteiger partial charge in [-0.3, -0.25) is 19.2 Å². The fourth-order valence-electron chi connectivity index (χ4n) is 4.23. The molecule has 0 bridgehead atoms. The number of carbonyl (C=O) groups excluding carboxylic acids is 5. The number of cyclic esters (lactones) is 2. The second kappa shape index (κ2) is 13.8. The molecule has 0 unspecified atom stereocenters. The molecule has 10 heteroatoms. The van der Waals surface area contributed by atoms with Crippen molar-refractivity contribution in [3.05, 3.63) is 29.3 Å². The van der Waals surface area contributed by atoms with Gasteiger partial charge in [0.1, 0.15) is 12.2 Å². The molecule has 2 rings (SSSR count). The molecule has 204 valence electrons.